The highest BCUT2D eigenvalue weighted by molar-refractivity contribution is 14.1. The Hall–Kier alpha value is -0.360. The lowest BCUT2D eigenvalue weighted by Gasteiger charge is -2.20. The van der Waals surface area contributed by atoms with Crippen LogP contribution >= 0.6 is 45.8 Å². The average molecular weight is 438 g/mol. The summed E-state index contributed by atoms with van der Waals surface area (Å²) in [6, 6.07) is 10.4. The minimum Gasteiger partial charge on any atom is -0.310 e. The van der Waals surface area contributed by atoms with E-state index in [-0.39, 0.29) is 11.9 Å². The van der Waals surface area contributed by atoms with E-state index in [1.165, 1.54) is 6.07 Å². The molecule has 0 amide bonds. The molecule has 112 valence electrons. The molecule has 0 bridgehead atoms. The maximum absolute atomic E-state index is 13.3. The summed E-state index contributed by atoms with van der Waals surface area (Å²) < 4.78 is 14.2. The lowest BCUT2D eigenvalue weighted by atomic mass is 9.98. The van der Waals surface area contributed by atoms with Crippen molar-refractivity contribution in [2.75, 3.05) is 6.54 Å². The maximum atomic E-state index is 13.3. The van der Waals surface area contributed by atoms with Crippen LogP contribution in [-0.4, -0.2) is 6.54 Å². The van der Waals surface area contributed by atoms with E-state index in [0.717, 1.165) is 21.2 Å². The van der Waals surface area contributed by atoms with Gasteiger partial charge in [-0.15, -0.1) is 0 Å². The molecule has 0 radical (unpaired) electrons. The third-order valence-corrected chi connectivity index (χ3v) is 4.76. The van der Waals surface area contributed by atoms with Crippen molar-refractivity contribution in [3.63, 3.8) is 0 Å². The molecule has 0 aliphatic rings. The fourth-order valence-electron chi connectivity index (χ4n) is 2.24. The first-order chi connectivity index (χ1) is 10.0. The van der Waals surface area contributed by atoms with Gasteiger partial charge in [0.25, 0.3) is 0 Å². The number of benzene rings is 2. The fourth-order valence-corrected chi connectivity index (χ4v) is 3.48. The summed E-state index contributed by atoms with van der Waals surface area (Å²) in [4.78, 5) is 0. The van der Waals surface area contributed by atoms with Crippen LogP contribution in [0.25, 0.3) is 0 Å². The molecule has 2 aromatic carbocycles. The molecular weight excluding hydrogens is 423 g/mol. The second-order valence-electron chi connectivity index (χ2n) is 4.72. The number of likely N-dealkylation sites (N-methyl/N-ethyl adjacent to an activating group) is 1. The molecule has 5 heteroatoms. The summed E-state index contributed by atoms with van der Waals surface area (Å²) in [5.74, 6) is -0.223. The molecule has 0 spiro atoms. The molecule has 0 aliphatic carbocycles. The van der Waals surface area contributed by atoms with Gasteiger partial charge in [0, 0.05) is 19.7 Å². The van der Waals surface area contributed by atoms with E-state index < -0.39 is 0 Å². The number of hydrogen-bond acceptors (Lipinski definition) is 1. The normalized spacial score (nSPS) is 12.4. The highest BCUT2D eigenvalue weighted by Gasteiger charge is 2.16. The Morgan fingerprint density at radius 1 is 1.19 bits per heavy atom. The molecule has 0 aromatic heterocycles. The molecule has 1 N–H and O–H groups in total. The van der Waals surface area contributed by atoms with Crippen molar-refractivity contribution in [2.24, 2.45) is 0 Å². The minimum atomic E-state index is -0.223. The molecule has 1 atom stereocenters. The number of hydrogen-bond donors (Lipinski definition) is 1. The number of rotatable bonds is 5. The van der Waals surface area contributed by atoms with Gasteiger partial charge in [0.05, 0.1) is 0 Å². The Bertz CT molecular complexity index is 634. The third-order valence-electron chi connectivity index (χ3n) is 3.22. The summed E-state index contributed by atoms with van der Waals surface area (Å²) in [6.07, 6.45) is 0.703. The van der Waals surface area contributed by atoms with Crippen molar-refractivity contribution in [1.29, 1.82) is 0 Å². The van der Waals surface area contributed by atoms with Gasteiger partial charge in [-0.3, -0.25) is 0 Å². The monoisotopic (exact) mass is 437 g/mol. The van der Waals surface area contributed by atoms with Gasteiger partial charge in [-0.25, -0.2) is 4.39 Å². The largest absolute Gasteiger partial charge is 0.310 e. The Labute approximate surface area is 148 Å². The van der Waals surface area contributed by atoms with Crippen LogP contribution in [0.15, 0.2) is 36.4 Å². The van der Waals surface area contributed by atoms with Gasteiger partial charge in [0.1, 0.15) is 5.82 Å². The SMILES string of the molecule is CCNC(Cc1cc(Cl)ccc1Cl)c1ccc(F)cc1I. The Morgan fingerprint density at radius 2 is 1.95 bits per heavy atom. The summed E-state index contributed by atoms with van der Waals surface area (Å²) >= 11 is 14.4. The van der Waals surface area contributed by atoms with Gasteiger partial charge >= 0.3 is 0 Å². The quantitative estimate of drug-likeness (QED) is 0.597. The first kappa shape index (κ1) is 17.0. The highest BCUT2D eigenvalue weighted by Crippen LogP contribution is 2.28. The molecule has 0 heterocycles. The molecule has 2 aromatic rings. The summed E-state index contributed by atoms with van der Waals surface area (Å²) in [7, 11) is 0. The van der Waals surface area contributed by atoms with Crippen LogP contribution in [0.1, 0.15) is 24.1 Å². The molecule has 21 heavy (non-hydrogen) atoms. The average Bonchev–Trinajstić information content (AvgIpc) is 2.42. The van der Waals surface area contributed by atoms with Gasteiger partial charge in [-0.1, -0.05) is 36.2 Å². The first-order valence-electron chi connectivity index (χ1n) is 6.63. The summed E-state index contributed by atoms with van der Waals surface area (Å²) in [5.41, 5.74) is 2.05. The van der Waals surface area contributed by atoms with Crippen molar-refractivity contribution in [2.45, 2.75) is 19.4 Å². The van der Waals surface area contributed by atoms with Crippen LogP contribution in [0.2, 0.25) is 10.0 Å². The Morgan fingerprint density at radius 3 is 2.62 bits per heavy atom. The maximum Gasteiger partial charge on any atom is 0.124 e. The smallest absolute Gasteiger partial charge is 0.124 e. The molecule has 0 saturated carbocycles. The van der Waals surface area contributed by atoms with Crippen LogP contribution < -0.4 is 5.32 Å². The topological polar surface area (TPSA) is 12.0 Å². The zero-order valence-electron chi connectivity index (χ0n) is 11.5. The molecule has 1 nitrogen and oxygen atoms in total. The lowest BCUT2D eigenvalue weighted by Crippen LogP contribution is -2.24. The molecule has 1 unspecified atom stereocenters. The van der Waals surface area contributed by atoms with Gasteiger partial charge in [-0.05, 0) is 77.0 Å². The highest BCUT2D eigenvalue weighted by atomic mass is 127. The summed E-state index contributed by atoms with van der Waals surface area (Å²) in [6.45, 7) is 2.86. The number of nitrogens with one attached hydrogen (secondary N) is 1. The van der Waals surface area contributed by atoms with Crippen LogP contribution in [0.4, 0.5) is 4.39 Å². The van der Waals surface area contributed by atoms with Gasteiger partial charge < -0.3 is 5.32 Å². The first-order valence-corrected chi connectivity index (χ1v) is 8.47. The molecular formula is C16H15Cl2FIN. The second-order valence-corrected chi connectivity index (χ2v) is 6.72. The predicted octanol–water partition coefficient (Wildman–Crippen LogP) is 5.63. The van der Waals surface area contributed by atoms with E-state index in [4.69, 9.17) is 23.2 Å². The molecule has 0 fully saturated rings. The van der Waals surface area contributed by atoms with Crippen molar-refractivity contribution < 1.29 is 4.39 Å². The Kier molecular flexibility index (Phi) is 6.29. The number of halogens is 4. The van der Waals surface area contributed by atoms with E-state index in [9.17, 15) is 4.39 Å². The van der Waals surface area contributed by atoms with E-state index in [1.54, 1.807) is 18.2 Å². The lowest BCUT2D eigenvalue weighted by molar-refractivity contribution is 0.545. The zero-order chi connectivity index (χ0) is 15.4. The van der Waals surface area contributed by atoms with Gasteiger partial charge in [0.15, 0.2) is 0 Å². The Balaban J connectivity index is 2.32. The van der Waals surface area contributed by atoms with Gasteiger partial charge in [0.2, 0.25) is 0 Å². The molecule has 2 rings (SSSR count). The van der Waals surface area contributed by atoms with E-state index >= 15 is 0 Å². The standard InChI is InChI=1S/C16H15Cl2FIN/c1-2-21-16(13-5-4-12(19)9-15(13)20)8-10-7-11(17)3-6-14(10)18/h3-7,9,16,21H,2,8H2,1H3. The van der Waals surface area contributed by atoms with Crippen LogP contribution in [0, 0.1) is 9.39 Å². The fraction of sp³-hybridized carbons (Fsp3) is 0.250. The molecule has 0 aliphatic heterocycles. The van der Waals surface area contributed by atoms with E-state index in [0.29, 0.717) is 16.5 Å². The summed E-state index contributed by atoms with van der Waals surface area (Å²) in [5, 5.41) is 4.78. The van der Waals surface area contributed by atoms with E-state index in [2.05, 4.69) is 27.9 Å². The van der Waals surface area contributed by atoms with Crippen LogP contribution in [0.3, 0.4) is 0 Å². The second kappa shape index (κ2) is 7.77. The minimum absolute atomic E-state index is 0.0680. The van der Waals surface area contributed by atoms with E-state index in [1.807, 2.05) is 19.1 Å². The van der Waals surface area contributed by atoms with Crippen LogP contribution in [-0.2, 0) is 6.42 Å². The van der Waals surface area contributed by atoms with Crippen molar-refractivity contribution in [3.8, 4) is 0 Å². The van der Waals surface area contributed by atoms with Gasteiger partial charge in [-0.2, -0.15) is 0 Å². The van der Waals surface area contributed by atoms with Crippen molar-refractivity contribution >= 4 is 45.8 Å². The van der Waals surface area contributed by atoms with Crippen molar-refractivity contribution in [1.82, 2.24) is 5.32 Å². The van der Waals surface area contributed by atoms with Crippen molar-refractivity contribution in [3.05, 3.63) is 67.0 Å². The zero-order valence-corrected chi connectivity index (χ0v) is 15.1. The third kappa shape index (κ3) is 4.55. The molecule has 0 saturated heterocycles. The predicted molar refractivity (Wildman–Crippen MR) is 95.7 cm³/mol. The van der Waals surface area contributed by atoms with Crippen LogP contribution in [0.5, 0.6) is 0 Å².